The normalized spacial score (nSPS) is 16.6. The van der Waals surface area contributed by atoms with Gasteiger partial charge in [-0.25, -0.2) is 0 Å². The Morgan fingerprint density at radius 3 is 2.82 bits per heavy atom. The third-order valence-electron chi connectivity index (χ3n) is 2.87. The van der Waals surface area contributed by atoms with Crippen molar-refractivity contribution in [1.29, 1.82) is 0 Å². The molecular weight excluding hydrogens is 240 g/mol. The molecule has 2 rings (SSSR count). The lowest BCUT2D eigenvalue weighted by Gasteiger charge is -2.11. The summed E-state index contributed by atoms with van der Waals surface area (Å²) in [6.07, 6.45) is 2.68. The summed E-state index contributed by atoms with van der Waals surface area (Å²) in [4.78, 5) is 12.0. The van der Waals surface area contributed by atoms with Gasteiger partial charge in [0.25, 0.3) is 0 Å². The predicted molar refractivity (Wildman–Crippen MR) is 66.4 cm³/mol. The molecule has 5 nitrogen and oxygen atoms in total. The second kappa shape index (κ2) is 5.49. The first-order chi connectivity index (χ1) is 8.19. The van der Waals surface area contributed by atoms with Gasteiger partial charge in [-0.1, -0.05) is 6.92 Å². The first-order valence-electron chi connectivity index (χ1n) is 5.97. The molecule has 6 heteroatoms. The summed E-state index contributed by atoms with van der Waals surface area (Å²) in [6.45, 7) is 5.48. The fourth-order valence-corrected chi connectivity index (χ4v) is 1.84. The summed E-state index contributed by atoms with van der Waals surface area (Å²) >= 11 is 5.79. The molecule has 1 N–H and O–H groups in total. The van der Waals surface area contributed by atoms with Crippen LogP contribution >= 0.6 is 11.6 Å². The van der Waals surface area contributed by atoms with E-state index in [1.807, 2.05) is 6.92 Å². The van der Waals surface area contributed by atoms with Crippen molar-refractivity contribution in [2.75, 3.05) is 18.5 Å². The molecule has 0 aliphatic heterocycles. The molecular formula is C11H17ClN4O. The summed E-state index contributed by atoms with van der Waals surface area (Å²) in [5.74, 6) is 1.98. The molecule has 1 aromatic heterocycles. The lowest BCUT2D eigenvalue weighted by molar-refractivity contribution is 0.312. The molecule has 0 amide bonds. The van der Waals surface area contributed by atoms with E-state index < -0.39 is 0 Å². The van der Waals surface area contributed by atoms with Crippen molar-refractivity contribution in [3.05, 3.63) is 5.28 Å². The highest BCUT2D eigenvalue weighted by atomic mass is 35.5. The van der Waals surface area contributed by atoms with E-state index in [1.165, 1.54) is 12.8 Å². The summed E-state index contributed by atoms with van der Waals surface area (Å²) in [6, 6.07) is 0.272. The highest BCUT2D eigenvalue weighted by molar-refractivity contribution is 6.28. The maximum atomic E-state index is 5.79. The molecule has 1 fully saturated rings. The van der Waals surface area contributed by atoms with Crippen LogP contribution in [-0.2, 0) is 0 Å². The van der Waals surface area contributed by atoms with E-state index in [-0.39, 0.29) is 11.3 Å². The minimum absolute atomic E-state index is 0.157. The molecule has 0 bridgehead atoms. The first kappa shape index (κ1) is 12.4. The Bertz CT molecular complexity index is 384. The zero-order valence-corrected chi connectivity index (χ0v) is 10.9. The number of hydrogen-bond acceptors (Lipinski definition) is 5. The molecule has 1 aliphatic rings. The van der Waals surface area contributed by atoms with Crippen molar-refractivity contribution in [2.24, 2.45) is 11.8 Å². The molecule has 0 aromatic carbocycles. The third kappa shape index (κ3) is 3.70. The zero-order valence-electron chi connectivity index (χ0n) is 10.1. The third-order valence-corrected chi connectivity index (χ3v) is 3.04. The molecule has 94 valence electrons. The smallest absolute Gasteiger partial charge is 0.322 e. The van der Waals surface area contributed by atoms with Gasteiger partial charge in [-0.15, -0.1) is 0 Å². The van der Waals surface area contributed by atoms with Crippen LogP contribution < -0.4 is 10.1 Å². The van der Waals surface area contributed by atoms with Crippen molar-refractivity contribution in [3.63, 3.8) is 0 Å². The Balaban J connectivity index is 1.94. The Labute approximate surface area is 106 Å². The van der Waals surface area contributed by atoms with E-state index >= 15 is 0 Å². The molecule has 0 saturated heterocycles. The van der Waals surface area contributed by atoms with Crippen LogP contribution in [0.2, 0.25) is 5.28 Å². The quantitative estimate of drug-likeness (QED) is 0.847. The average Bonchev–Trinajstić information content (AvgIpc) is 3.09. The fraction of sp³-hybridized carbons (Fsp3) is 0.727. The van der Waals surface area contributed by atoms with E-state index in [2.05, 4.69) is 27.2 Å². The van der Waals surface area contributed by atoms with Gasteiger partial charge in [0.2, 0.25) is 11.2 Å². The number of halogens is 1. The number of ether oxygens (including phenoxy) is 1. The number of anilines is 1. The van der Waals surface area contributed by atoms with Crippen LogP contribution in [0.3, 0.4) is 0 Å². The van der Waals surface area contributed by atoms with Crippen LogP contribution in [0.1, 0.15) is 26.7 Å². The van der Waals surface area contributed by atoms with Crippen LogP contribution in [-0.4, -0.2) is 28.1 Å². The van der Waals surface area contributed by atoms with E-state index in [1.54, 1.807) is 0 Å². The van der Waals surface area contributed by atoms with Crippen molar-refractivity contribution < 1.29 is 4.74 Å². The molecule has 17 heavy (non-hydrogen) atoms. The van der Waals surface area contributed by atoms with Gasteiger partial charge in [-0.05, 0) is 43.2 Å². The maximum Gasteiger partial charge on any atom is 0.322 e. The summed E-state index contributed by atoms with van der Waals surface area (Å²) in [5, 5.41) is 3.34. The minimum atomic E-state index is 0.157. The average molecular weight is 257 g/mol. The van der Waals surface area contributed by atoms with E-state index in [4.69, 9.17) is 16.3 Å². The number of aromatic nitrogens is 3. The number of nitrogens with one attached hydrogen (secondary N) is 1. The van der Waals surface area contributed by atoms with Crippen molar-refractivity contribution in [1.82, 2.24) is 15.0 Å². The molecule has 1 aliphatic carbocycles. The standard InChI is InChI=1S/C11H17ClN4O/c1-3-17-11-15-9(12)14-10(16-11)13-6-7(2)8-4-5-8/h7-8H,3-6H2,1-2H3,(H,13,14,15,16). The fourth-order valence-electron chi connectivity index (χ4n) is 1.69. The maximum absolute atomic E-state index is 5.79. The number of nitrogens with zero attached hydrogens (tertiary/aromatic N) is 3. The minimum Gasteiger partial charge on any atom is -0.464 e. The van der Waals surface area contributed by atoms with E-state index in [9.17, 15) is 0 Å². The number of rotatable bonds is 6. The summed E-state index contributed by atoms with van der Waals surface area (Å²) in [7, 11) is 0. The topological polar surface area (TPSA) is 59.9 Å². The van der Waals surface area contributed by atoms with Gasteiger partial charge in [-0.2, -0.15) is 15.0 Å². The van der Waals surface area contributed by atoms with Gasteiger partial charge in [0.05, 0.1) is 6.61 Å². The highest BCUT2D eigenvalue weighted by Crippen LogP contribution is 2.36. The molecule has 1 aromatic rings. The highest BCUT2D eigenvalue weighted by Gasteiger charge is 2.27. The van der Waals surface area contributed by atoms with E-state index in [0.29, 0.717) is 18.5 Å². The molecule has 1 heterocycles. The van der Waals surface area contributed by atoms with Crippen molar-refractivity contribution in [2.45, 2.75) is 26.7 Å². The summed E-state index contributed by atoms with van der Waals surface area (Å²) < 4.78 is 5.21. The molecule has 0 radical (unpaired) electrons. The van der Waals surface area contributed by atoms with Gasteiger partial charge in [-0.3, -0.25) is 0 Å². The molecule has 0 spiro atoms. The Morgan fingerprint density at radius 2 is 2.18 bits per heavy atom. The van der Waals surface area contributed by atoms with Gasteiger partial charge in [0.15, 0.2) is 0 Å². The van der Waals surface area contributed by atoms with Gasteiger partial charge in [0.1, 0.15) is 0 Å². The molecule has 1 saturated carbocycles. The number of hydrogen-bond donors (Lipinski definition) is 1. The Morgan fingerprint density at radius 1 is 1.41 bits per heavy atom. The Hall–Kier alpha value is -1.10. The SMILES string of the molecule is CCOc1nc(Cl)nc(NCC(C)C2CC2)n1. The largest absolute Gasteiger partial charge is 0.464 e. The van der Waals surface area contributed by atoms with Crippen LogP contribution in [0.25, 0.3) is 0 Å². The second-order valence-electron chi connectivity index (χ2n) is 4.34. The van der Waals surface area contributed by atoms with Gasteiger partial charge in [0, 0.05) is 6.54 Å². The van der Waals surface area contributed by atoms with E-state index in [0.717, 1.165) is 12.5 Å². The van der Waals surface area contributed by atoms with Gasteiger partial charge < -0.3 is 10.1 Å². The molecule has 1 atom stereocenters. The summed E-state index contributed by atoms with van der Waals surface area (Å²) in [5.41, 5.74) is 0. The predicted octanol–water partition coefficient (Wildman–Crippen LogP) is 2.38. The van der Waals surface area contributed by atoms with Crippen molar-refractivity contribution in [3.8, 4) is 6.01 Å². The Kier molecular flexibility index (Phi) is 3.99. The van der Waals surface area contributed by atoms with Gasteiger partial charge >= 0.3 is 6.01 Å². The second-order valence-corrected chi connectivity index (χ2v) is 4.68. The van der Waals surface area contributed by atoms with Crippen LogP contribution in [0.4, 0.5) is 5.95 Å². The monoisotopic (exact) mass is 256 g/mol. The van der Waals surface area contributed by atoms with Crippen LogP contribution in [0.15, 0.2) is 0 Å². The van der Waals surface area contributed by atoms with Crippen molar-refractivity contribution >= 4 is 17.5 Å². The van der Waals surface area contributed by atoms with Crippen LogP contribution in [0.5, 0.6) is 6.01 Å². The van der Waals surface area contributed by atoms with Crippen LogP contribution in [0, 0.1) is 11.8 Å². The zero-order chi connectivity index (χ0) is 12.3. The lowest BCUT2D eigenvalue weighted by Crippen LogP contribution is -2.15. The molecule has 1 unspecified atom stereocenters. The first-order valence-corrected chi connectivity index (χ1v) is 6.35. The lowest BCUT2D eigenvalue weighted by atomic mass is 10.1.